The van der Waals surface area contributed by atoms with Gasteiger partial charge in [0.05, 0.1) is 10.7 Å². The van der Waals surface area contributed by atoms with E-state index in [1.807, 2.05) is 6.92 Å². The summed E-state index contributed by atoms with van der Waals surface area (Å²) in [6, 6.07) is 1.96. The van der Waals surface area contributed by atoms with Crippen LogP contribution < -0.4 is 5.32 Å². The maximum absolute atomic E-state index is 12.3. The lowest BCUT2D eigenvalue weighted by molar-refractivity contribution is -0.143. The number of aryl methyl sites for hydroxylation is 1. The van der Waals surface area contributed by atoms with Crippen molar-refractivity contribution in [1.29, 1.82) is 0 Å². The van der Waals surface area contributed by atoms with E-state index in [1.54, 1.807) is 12.1 Å². The summed E-state index contributed by atoms with van der Waals surface area (Å²) < 4.78 is 0. The molecule has 0 aromatic heterocycles. The van der Waals surface area contributed by atoms with Gasteiger partial charge in [-0.2, -0.15) is 0 Å². The quantitative estimate of drug-likeness (QED) is 0.867. The molecule has 1 unspecified atom stereocenters. The largest absolute Gasteiger partial charge is 0.480 e. The zero-order valence-electron chi connectivity index (χ0n) is 11.5. The van der Waals surface area contributed by atoms with Crippen LogP contribution in [0.2, 0.25) is 10.0 Å². The number of halogens is 2. The Morgan fingerprint density at radius 3 is 2.67 bits per heavy atom. The summed E-state index contributed by atoms with van der Waals surface area (Å²) in [7, 11) is 0. The summed E-state index contributed by atoms with van der Waals surface area (Å²) in [5, 5.41) is 12.7. The van der Waals surface area contributed by atoms with Gasteiger partial charge in [0, 0.05) is 11.6 Å². The number of carboxylic acids is 1. The number of likely N-dealkylation sites (tertiary alicyclic amines) is 1. The van der Waals surface area contributed by atoms with Crippen molar-refractivity contribution in [1.82, 2.24) is 4.90 Å². The third kappa shape index (κ3) is 3.60. The summed E-state index contributed by atoms with van der Waals surface area (Å²) in [6.45, 7) is 2.23. The number of carbonyl (C=O) groups excluding carboxylic acids is 1. The van der Waals surface area contributed by atoms with Gasteiger partial charge in [-0.05, 0) is 43.9 Å². The zero-order valence-corrected chi connectivity index (χ0v) is 13.0. The van der Waals surface area contributed by atoms with Crippen LogP contribution >= 0.6 is 23.2 Å². The van der Waals surface area contributed by atoms with E-state index in [-0.39, 0.29) is 0 Å². The van der Waals surface area contributed by atoms with Crippen molar-refractivity contribution in [3.8, 4) is 0 Å². The fourth-order valence-electron chi connectivity index (χ4n) is 2.36. The number of carbonyl (C=O) groups is 2. The van der Waals surface area contributed by atoms with E-state index in [9.17, 15) is 14.7 Å². The molecule has 1 fully saturated rings. The SMILES string of the molecule is Cc1cc(Cl)c(NC(=O)N2CCCCC2C(=O)O)cc1Cl. The summed E-state index contributed by atoms with van der Waals surface area (Å²) in [4.78, 5) is 24.8. The molecular formula is C14H16Cl2N2O3. The minimum absolute atomic E-state index is 0.370. The third-order valence-electron chi connectivity index (χ3n) is 3.54. The predicted octanol–water partition coefficient (Wildman–Crippen LogP) is 3.77. The van der Waals surface area contributed by atoms with Crippen molar-refractivity contribution >= 4 is 40.9 Å². The van der Waals surface area contributed by atoms with Gasteiger partial charge in [-0.3, -0.25) is 0 Å². The topological polar surface area (TPSA) is 69.6 Å². The van der Waals surface area contributed by atoms with E-state index < -0.39 is 18.0 Å². The maximum Gasteiger partial charge on any atom is 0.326 e. The molecule has 0 radical (unpaired) electrons. The molecule has 1 saturated heterocycles. The second-order valence-electron chi connectivity index (χ2n) is 5.05. The van der Waals surface area contributed by atoms with Crippen LogP contribution in [0.15, 0.2) is 12.1 Å². The van der Waals surface area contributed by atoms with E-state index in [0.29, 0.717) is 28.7 Å². The summed E-state index contributed by atoms with van der Waals surface area (Å²) in [5.41, 5.74) is 1.19. The average molecular weight is 331 g/mol. The van der Waals surface area contributed by atoms with Crippen molar-refractivity contribution in [3.05, 3.63) is 27.7 Å². The van der Waals surface area contributed by atoms with Gasteiger partial charge in [-0.15, -0.1) is 0 Å². The van der Waals surface area contributed by atoms with Crippen molar-refractivity contribution < 1.29 is 14.7 Å². The predicted molar refractivity (Wildman–Crippen MR) is 82.2 cm³/mol. The van der Waals surface area contributed by atoms with Crippen LogP contribution in [-0.4, -0.2) is 34.6 Å². The Bertz CT molecular complexity index is 578. The summed E-state index contributed by atoms with van der Waals surface area (Å²) in [6.07, 6.45) is 2.06. The molecule has 1 aromatic carbocycles. The molecule has 1 aromatic rings. The van der Waals surface area contributed by atoms with Crippen LogP contribution in [0.4, 0.5) is 10.5 Å². The normalized spacial score (nSPS) is 18.4. The highest BCUT2D eigenvalue weighted by atomic mass is 35.5. The second kappa shape index (κ2) is 6.54. The highest BCUT2D eigenvalue weighted by Crippen LogP contribution is 2.29. The molecule has 0 spiro atoms. The molecule has 2 N–H and O–H groups in total. The van der Waals surface area contributed by atoms with E-state index in [0.717, 1.165) is 18.4 Å². The molecule has 1 heterocycles. The first-order chi connectivity index (χ1) is 9.90. The van der Waals surface area contributed by atoms with Crippen LogP contribution in [0.5, 0.6) is 0 Å². The zero-order chi connectivity index (χ0) is 15.6. The van der Waals surface area contributed by atoms with Crippen LogP contribution in [0.3, 0.4) is 0 Å². The number of hydrogen-bond acceptors (Lipinski definition) is 2. The first-order valence-electron chi connectivity index (χ1n) is 6.66. The number of urea groups is 1. The molecule has 5 nitrogen and oxygen atoms in total. The van der Waals surface area contributed by atoms with Gasteiger partial charge in [0.15, 0.2) is 0 Å². The van der Waals surface area contributed by atoms with E-state index >= 15 is 0 Å². The van der Waals surface area contributed by atoms with E-state index in [4.69, 9.17) is 23.2 Å². The van der Waals surface area contributed by atoms with Gasteiger partial charge in [-0.25, -0.2) is 9.59 Å². The van der Waals surface area contributed by atoms with Crippen LogP contribution in [-0.2, 0) is 4.79 Å². The van der Waals surface area contributed by atoms with E-state index in [1.165, 1.54) is 4.90 Å². The van der Waals surface area contributed by atoms with Crippen molar-refractivity contribution in [2.24, 2.45) is 0 Å². The molecule has 1 atom stereocenters. The second-order valence-corrected chi connectivity index (χ2v) is 5.87. The fraction of sp³-hybridized carbons (Fsp3) is 0.429. The standard InChI is InChI=1S/C14H16Cl2N2O3/c1-8-6-10(16)11(7-9(8)15)17-14(21)18-5-3-2-4-12(18)13(19)20/h6-7,12H,2-5H2,1H3,(H,17,21)(H,19,20). The highest BCUT2D eigenvalue weighted by Gasteiger charge is 2.32. The molecule has 0 aliphatic carbocycles. The lowest BCUT2D eigenvalue weighted by Crippen LogP contribution is -2.49. The number of carboxylic acid groups (broad SMARTS) is 1. The average Bonchev–Trinajstić information content (AvgIpc) is 2.44. The van der Waals surface area contributed by atoms with Gasteiger partial charge in [0.2, 0.25) is 0 Å². The lowest BCUT2D eigenvalue weighted by Gasteiger charge is -2.33. The monoisotopic (exact) mass is 330 g/mol. The molecule has 7 heteroatoms. The first kappa shape index (κ1) is 15.9. The fourth-order valence-corrected chi connectivity index (χ4v) is 2.79. The molecule has 2 amide bonds. The molecule has 1 aliphatic heterocycles. The Morgan fingerprint density at radius 1 is 1.29 bits per heavy atom. The number of anilines is 1. The van der Waals surface area contributed by atoms with Gasteiger partial charge in [0.25, 0.3) is 0 Å². The Morgan fingerprint density at radius 2 is 2.00 bits per heavy atom. The minimum Gasteiger partial charge on any atom is -0.480 e. The molecule has 21 heavy (non-hydrogen) atoms. The molecule has 0 saturated carbocycles. The van der Waals surface area contributed by atoms with Crippen LogP contribution in [0.1, 0.15) is 24.8 Å². The van der Waals surface area contributed by atoms with Crippen molar-refractivity contribution in [2.45, 2.75) is 32.2 Å². The van der Waals surface area contributed by atoms with Gasteiger partial charge in [-0.1, -0.05) is 23.2 Å². The number of hydrogen-bond donors (Lipinski definition) is 2. The number of nitrogens with zero attached hydrogens (tertiary/aromatic N) is 1. The molecule has 1 aliphatic rings. The molecular weight excluding hydrogens is 315 g/mol. The maximum atomic E-state index is 12.3. The first-order valence-corrected chi connectivity index (χ1v) is 7.42. The number of amides is 2. The molecule has 2 rings (SSSR count). The number of nitrogens with one attached hydrogen (secondary N) is 1. The lowest BCUT2D eigenvalue weighted by atomic mass is 10.0. The Labute approximate surface area is 132 Å². The minimum atomic E-state index is -0.988. The number of aliphatic carboxylic acids is 1. The Kier molecular flexibility index (Phi) is 4.96. The van der Waals surface area contributed by atoms with E-state index in [2.05, 4.69) is 5.32 Å². The van der Waals surface area contributed by atoms with Gasteiger partial charge < -0.3 is 15.3 Å². The molecule has 0 bridgehead atoms. The van der Waals surface area contributed by atoms with Crippen molar-refractivity contribution in [3.63, 3.8) is 0 Å². The Hall–Kier alpha value is -1.46. The van der Waals surface area contributed by atoms with Crippen molar-refractivity contribution in [2.75, 3.05) is 11.9 Å². The summed E-state index contributed by atoms with van der Waals surface area (Å²) >= 11 is 12.1. The van der Waals surface area contributed by atoms with Crippen LogP contribution in [0.25, 0.3) is 0 Å². The van der Waals surface area contributed by atoms with Crippen LogP contribution in [0, 0.1) is 6.92 Å². The number of rotatable bonds is 2. The van der Waals surface area contributed by atoms with Gasteiger partial charge in [0.1, 0.15) is 6.04 Å². The smallest absolute Gasteiger partial charge is 0.326 e. The van der Waals surface area contributed by atoms with Gasteiger partial charge >= 0.3 is 12.0 Å². The number of piperidine rings is 1. The summed E-state index contributed by atoms with van der Waals surface area (Å²) in [5.74, 6) is -0.988. The third-order valence-corrected chi connectivity index (χ3v) is 4.26. The highest BCUT2D eigenvalue weighted by molar-refractivity contribution is 6.36. The molecule has 114 valence electrons. The number of benzene rings is 1. The Balaban J connectivity index is 2.17.